The van der Waals surface area contributed by atoms with Crippen molar-refractivity contribution in [1.82, 2.24) is 14.9 Å². The molecule has 162 valence electrons. The third-order valence-electron chi connectivity index (χ3n) is 5.64. The molecule has 4 nitrogen and oxygen atoms in total. The van der Waals surface area contributed by atoms with Crippen LogP contribution in [-0.4, -0.2) is 22.0 Å². The number of para-hydroxylation sites is 2. The van der Waals surface area contributed by atoms with Crippen molar-refractivity contribution in [2.45, 2.75) is 97.9 Å². The highest BCUT2D eigenvalue weighted by molar-refractivity contribution is 5.78. The van der Waals surface area contributed by atoms with E-state index in [0.717, 1.165) is 24.3 Å². The van der Waals surface area contributed by atoms with Crippen molar-refractivity contribution in [3.63, 3.8) is 0 Å². The number of nitrogens with zero attached hydrogens (tertiary/aromatic N) is 2. The van der Waals surface area contributed by atoms with Gasteiger partial charge in [-0.1, -0.05) is 90.7 Å². The largest absolute Gasteiger partial charge is 0.355 e. The molecule has 0 atom stereocenters. The molecule has 0 aliphatic heterocycles. The molecule has 0 aliphatic carbocycles. The molecule has 0 radical (unpaired) electrons. The number of benzene rings is 1. The van der Waals surface area contributed by atoms with Crippen LogP contribution >= 0.6 is 0 Å². The average Bonchev–Trinajstić information content (AvgIpc) is 3.06. The Bertz CT molecular complexity index is 720. The maximum Gasteiger partial charge on any atom is 0.222 e. The van der Waals surface area contributed by atoms with Gasteiger partial charge in [-0.3, -0.25) is 4.79 Å². The number of rotatable bonds is 15. The molecular weight excluding hydrogens is 358 g/mol. The Hall–Kier alpha value is -1.84. The van der Waals surface area contributed by atoms with Crippen LogP contribution in [-0.2, 0) is 17.8 Å². The van der Waals surface area contributed by atoms with Crippen molar-refractivity contribution in [3.05, 3.63) is 30.1 Å². The summed E-state index contributed by atoms with van der Waals surface area (Å²) in [5.41, 5.74) is 2.28. The average molecular weight is 400 g/mol. The second-order valence-electron chi connectivity index (χ2n) is 8.55. The molecule has 2 aromatic rings. The second kappa shape index (κ2) is 13.4. The highest BCUT2D eigenvalue weighted by atomic mass is 16.1. The van der Waals surface area contributed by atoms with Gasteiger partial charge in [0.25, 0.3) is 0 Å². The van der Waals surface area contributed by atoms with Gasteiger partial charge in [0.15, 0.2) is 0 Å². The van der Waals surface area contributed by atoms with E-state index in [1.807, 2.05) is 19.9 Å². The molecule has 4 heteroatoms. The van der Waals surface area contributed by atoms with E-state index in [4.69, 9.17) is 4.98 Å². The van der Waals surface area contributed by atoms with Crippen LogP contribution in [0.3, 0.4) is 0 Å². The van der Waals surface area contributed by atoms with Crippen LogP contribution in [0.4, 0.5) is 0 Å². The minimum absolute atomic E-state index is 0.0282. The van der Waals surface area contributed by atoms with Crippen molar-refractivity contribution in [2.75, 3.05) is 6.54 Å². The number of carbonyl (C=O) groups is 1. The van der Waals surface area contributed by atoms with Gasteiger partial charge in [0.2, 0.25) is 5.91 Å². The lowest BCUT2D eigenvalue weighted by atomic mass is 10.1. The second-order valence-corrected chi connectivity index (χ2v) is 8.55. The van der Waals surface area contributed by atoms with Gasteiger partial charge in [-0.25, -0.2) is 4.98 Å². The van der Waals surface area contributed by atoms with Crippen molar-refractivity contribution in [2.24, 2.45) is 5.92 Å². The summed E-state index contributed by atoms with van der Waals surface area (Å²) in [5, 5.41) is 3.02. The number of nitrogens with one attached hydrogen (secondary N) is 1. The maximum atomic E-state index is 11.8. The van der Waals surface area contributed by atoms with Crippen LogP contribution < -0.4 is 5.32 Å². The van der Waals surface area contributed by atoms with Gasteiger partial charge in [0.05, 0.1) is 11.0 Å². The SMILES string of the molecule is CCCCCCCCCCCCn1c(CCNC(=O)C(C)C)nc2ccccc21. The number of unbranched alkanes of at least 4 members (excludes halogenated alkanes) is 9. The quantitative estimate of drug-likeness (QED) is 0.359. The van der Waals surface area contributed by atoms with Gasteiger partial charge in [-0.15, -0.1) is 0 Å². The Morgan fingerprint density at radius 3 is 2.24 bits per heavy atom. The van der Waals surface area contributed by atoms with E-state index in [9.17, 15) is 4.79 Å². The first kappa shape index (κ1) is 23.4. The first-order valence-corrected chi connectivity index (χ1v) is 11.8. The summed E-state index contributed by atoms with van der Waals surface area (Å²) in [6, 6.07) is 8.38. The van der Waals surface area contributed by atoms with E-state index < -0.39 is 0 Å². The first-order valence-electron chi connectivity index (χ1n) is 11.8. The van der Waals surface area contributed by atoms with Crippen molar-refractivity contribution in [1.29, 1.82) is 0 Å². The lowest BCUT2D eigenvalue weighted by Gasteiger charge is -2.11. The lowest BCUT2D eigenvalue weighted by Crippen LogP contribution is -2.30. The molecule has 2 rings (SSSR count). The molecule has 1 aromatic carbocycles. The molecule has 1 N–H and O–H groups in total. The number of hydrogen-bond acceptors (Lipinski definition) is 2. The van der Waals surface area contributed by atoms with Gasteiger partial charge >= 0.3 is 0 Å². The Morgan fingerprint density at radius 2 is 1.59 bits per heavy atom. The molecule has 0 aliphatic rings. The molecule has 0 bridgehead atoms. The third-order valence-corrected chi connectivity index (χ3v) is 5.64. The topological polar surface area (TPSA) is 46.9 Å². The summed E-state index contributed by atoms with van der Waals surface area (Å²) in [7, 11) is 0. The fraction of sp³-hybridized carbons (Fsp3) is 0.680. The van der Waals surface area contributed by atoms with Gasteiger partial charge in [-0.2, -0.15) is 0 Å². The van der Waals surface area contributed by atoms with E-state index in [2.05, 4.69) is 35.0 Å². The molecule has 1 aromatic heterocycles. The smallest absolute Gasteiger partial charge is 0.222 e. The number of amides is 1. The molecule has 0 unspecified atom stereocenters. The number of imidazole rings is 1. The van der Waals surface area contributed by atoms with Crippen molar-refractivity contribution in [3.8, 4) is 0 Å². The Labute approximate surface area is 177 Å². The summed E-state index contributed by atoms with van der Waals surface area (Å²) >= 11 is 0. The van der Waals surface area contributed by atoms with Crippen LogP contribution in [0.5, 0.6) is 0 Å². The van der Waals surface area contributed by atoms with Crippen LogP contribution in [0.25, 0.3) is 11.0 Å². The fourth-order valence-electron chi connectivity index (χ4n) is 3.82. The zero-order valence-electron chi connectivity index (χ0n) is 18.9. The zero-order chi connectivity index (χ0) is 20.9. The van der Waals surface area contributed by atoms with Gasteiger partial charge in [0.1, 0.15) is 5.82 Å². The zero-order valence-corrected chi connectivity index (χ0v) is 18.9. The first-order chi connectivity index (χ1) is 14.1. The maximum absolute atomic E-state index is 11.8. The van der Waals surface area contributed by atoms with Crippen molar-refractivity contribution >= 4 is 16.9 Å². The fourth-order valence-corrected chi connectivity index (χ4v) is 3.82. The van der Waals surface area contributed by atoms with E-state index in [1.165, 1.54) is 69.7 Å². The van der Waals surface area contributed by atoms with E-state index >= 15 is 0 Å². The predicted molar refractivity (Wildman–Crippen MR) is 123 cm³/mol. The molecule has 1 amide bonds. The minimum Gasteiger partial charge on any atom is -0.355 e. The monoisotopic (exact) mass is 399 g/mol. The summed E-state index contributed by atoms with van der Waals surface area (Å²) in [6.07, 6.45) is 14.3. The number of fused-ring (bicyclic) bond motifs is 1. The summed E-state index contributed by atoms with van der Waals surface area (Å²) in [6.45, 7) is 7.80. The summed E-state index contributed by atoms with van der Waals surface area (Å²) < 4.78 is 2.36. The normalized spacial score (nSPS) is 11.4. The molecule has 0 saturated carbocycles. The van der Waals surface area contributed by atoms with Crippen LogP contribution in [0, 0.1) is 5.92 Å². The highest BCUT2D eigenvalue weighted by Crippen LogP contribution is 2.18. The molecular formula is C25H41N3O. The highest BCUT2D eigenvalue weighted by Gasteiger charge is 2.11. The van der Waals surface area contributed by atoms with Gasteiger partial charge in [0, 0.05) is 25.4 Å². The van der Waals surface area contributed by atoms with Gasteiger partial charge in [-0.05, 0) is 18.6 Å². The summed E-state index contributed by atoms with van der Waals surface area (Å²) in [5.74, 6) is 1.23. The number of aromatic nitrogens is 2. The van der Waals surface area contributed by atoms with Crippen LogP contribution in [0.2, 0.25) is 0 Å². The Balaban J connectivity index is 1.77. The molecule has 0 spiro atoms. The molecule has 0 fully saturated rings. The van der Waals surface area contributed by atoms with Gasteiger partial charge < -0.3 is 9.88 Å². The third kappa shape index (κ3) is 8.20. The molecule has 1 heterocycles. The Morgan fingerprint density at radius 1 is 0.966 bits per heavy atom. The number of hydrogen-bond donors (Lipinski definition) is 1. The summed E-state index contributed by atoms with van der Waals surface area (Å²) in [4.78, 5) is 16.7. The van der Waals surface area contributed by atoms with Crippen LogP contribution in [0.1, 0.15) is 90.8 Å². The Kier molecular flexibility index (Phi) is 10.8. The van der Waals surface area contributed by atoms with Crippen LogP contribution in [0.15, 0.2) is 24.3 Å². The predicted octanol–water partition coefficient (Wildman–Crippen LogP) is 6.27. The molecule has 0 saturated heterocycles. The molecule has 29 heavy (non-hydrogen) atoms. The van der Waals surface area contributed by atoms with E-state index in [0.29, 0.717) is 6.54 Å². The van der Waals surface area contributed by atoms with E-state index in [1.54, 1.807) is 0 Å². The standard InChI is InChI=1S/C25H41N3O/c1-4-5-6-7-8-9-10-11-12-15-20-28-23-17-14-13-16-22(23)27-24(28)18-19-26-25(29)21(2)3/h13-14,16-17,21H,4-12,15,18-20H2,1-3H3,(H,26,29). The van der Waals surface area contributed by atoms with E-state index in [-0.39, 0.29) is 11.8 Å². The van der Waals surface area contributed by atoms with Crippen molar-refractivity contribution < 1.29 is 4.79 Å². The minimum atomic E-state index is 0.0282. The number of aryl methyl sites for hydroxylation is 1. The number of carbonyl (C=O) groups excluding carboxylic acids is 1. The lowest BCUT2D eigenvalue weighted by molar-refractivity contribution is -0.123.